The van der Waals surface area contributed by atoms with Crippen LogP contribution in [-0.4, -0.2) is 55.4 Å². The molecule has 0 radical (unpaired) electrons. The van der Waals surface area contributed by atoms with Gasteiger partial charge < -0.3 is 28.6 Å². The summed E-state index contributed by atoms with van der Waals surface area (Å²) in [5.74, 6) is 0.0205. The van der Waals surface area contributed by atoms with E-state index in [0.717, 1.165) is 11.6 Å². The van der Waals surface area contributed by atoms with E-state index in [4.69, 9.17) is 23.7 Å². The standard InChI is InChI=1S/C22H24N2O9/c1-4-23(11-14-6-7-17-19(8-14)33-13-32-17)21(25)12-31-22(26)15-9-18(29-3)20(30-5-2)10-16(15)24(27)28/h6-10H,4-5,11-13H2,1-3H3. The molecule has 0 unspecified atom stereocenters. The van der Waals surface area contributed by atoms with Crippen LogP contribution < -0.4 is 18.9 Å². The third-order valence-electron chi connectivity index (χ3n) is 4.87. The lowest BCUT2D eigenvalue weighted by Crippen LogP contribution is -2.34. The van der Waals surface area contributed by atoms with Crippen molar-refractivity contribution in [3.8, 4) is 23.0 Å². The second-order valence-electron chi connectivity index (χ2n) is 6.88. The number of nitro groups is 1. The largest absolute Gasteiger partial charge is 0.493 e. The number of carbonyl (C=O) groups excluding carboxylic acids is 2. The van der Waals surface area contributed by atoms with Crippen molar-refractivity contribution in [1.82, 2.24) is 4.90 Å². The lowest BCUT2D eigenvalue weighted by Gasteiger charge is -2.21. The highest BCUT2D eigenvalue weighted by Gasteiger charge is 2.27. The highest BCUT2D eigenvalue weighted by atomic mass is 16.7. The average Bonchev–Trinajstić information content (AvgIpc) is 3.28. The summed E-state index contributed by atoms with van der Waals surface area (Å²) in [5.41, 5.74) is -0.0380. The molecule has 11 nitrogen and oxygen atoms in total. The normalized spacial score (nSPS) is 11.6. The monoisotopic (exact) mass is 460 g/mol. The Morgan fingerprint density at radius 2 is 1.88 bits per heavy atom. The summed E-state index contributed by atoms with van der Waals surface area (Å²) in [6.45, 7) is 3.94. The van der Waals surface area contributed by atoms with Gasteiger partial charge in [0.15, 0.2) is 29.6 Å². The van der Waals surface area contributed by atoms with E-state index in [2.05, 4.69) is 0 Å². The molecule has 0 bridgehead atoms. The molecule has 1 aliphatic heterocycles. The topological polar surface area (TPSA) is 127 Å². The van der Waals surface area contributed by atoms with Crippen LogP contribution >= 0.6 is 0 Å². The first-order chi connectivity index (χ1) is 15.9. The highest BCUT2D eigenvalue weighted by Crippen LogP contribution is 2.35. The summed E-state index contributed by atoms with van der Waals surface area (Å²) in [4.78, 5) is 37.5. The van der Waals surface area contributed by atoms with Crippen LogP contribution in [0.1, 0.15) is 29.8 Å². The fourth-order valence-electron chi connectivity index (χ4n) is 3.22. The smallest absolute Gasteiger partial charge is 0.345 e. The van der Waals surface area contributed by atoms with Crippen LogP contribution in [0.15, 0.2) is 30.3 Å². The molecule has 1 heterocycles. The molecule has 176 valence electrons. The van der Waals surface area contributed by atoms with E-state index < -0.39 is 29.1 Å². The molecule has 1 aliphatic rings. The Morgan fingerprint density at radius 3 is 2.55 bits per heavy atom. The van der Waals surface area contributed by atoms with E-state index in [9.17, 15) is 19.7 Å². The number of esters is 1. The number of benzene rings is 2. The number of ether oxygens (including phenoxy) is 5. The van der Waals surface area contributed by atoms with Crippen LogP contribution in [0.4, 0.5) is 5.69 Å². The number of hydrogen-bond donors (Lipinski definition) is 0. The number of carbonyl (C=O) groups is 2. The van der Waals surface area contributed by atoms with Gasteiger partial charge in [0.25, 0.3) is 11.6 Å². The van der Waals surface area contributed by atoms with Crippen molar-refractivity contribution in [2.24, 2.45) is 0 Å². The van der Waals surface area contributed by atoms with Crippen LogP contribution in [0.25, 0.3) is 0 Å². The Hall–Kier alpha value is -4.02. The Morgan fingerprint density at radius 1 is 1.12 bits per heavy atom. The summed E-state index contributed by atoms with van der Waals surface area (Å²) < 4.78 is 26.2. The molecule has 11 heteroatoms. The number of likely N-dealkylation sites (N-methyl/N-ethyl adjacent to an activating group) is 1. The van der Waals surface area contributed by atoms with Crippen molar-refractivity contribution in [3.63, 3.8) is 0 Å². The average molecular weight is 460 g/mol. The molecule has 2 aromatic carbocycles. The van der Waals surface area contributed by atoms with E-state index in [1.54, 1.807) is 26.0 Å². The first kappa shape index (κ1) is 23.6. The van der Waals surface area contributed by atoms with E-state index >= 15 is 0 Å². The molecule has 0 spiro atoms. The number of amides is 1. The van der Waals surface area contributed by atoms with Crippen LogP contribution in [0, 0.1) is 10.1 Å². The van der Waals surface area contributed by atoms with Crippen LogP contribution in [0.5, 0.6) is 23.0 Å². The van der Waals surface area contributed by atoms with E-state index in [1.165, 1.54) is 18.1 Å². The third-order valence-corrected chi connectivity index (χ3v) is 4.87. The molecule has 1 amide bonds. The van der Waals surface area contributed by atoms with Gasteiger partial charge in [-0.3, -0.25) is 14.9 Å². The third kappa shape index (κ3) is 5.43. The van der Waals surface area contributed by atoms with E-state index in [1.807, 2.05) is 6.07 Å². The molecule has 0 N–H and O–H groups in total. The van der Waals surface area contributed by atoms with Gasteiger partial charge in [0.2, 0.25) is 6.79 Å². The molecule has 2 aromatic rings. The first-order valence-corrected chi connectivity index (χ1v) is 10.2. The number of methoxy groups -OCH3 is 1. The maximum Gasteiger partial charge on any atom is 0.345 e. The van der Waals surface area contributed by atoms with Crippen LogP contribution in [-0.2, 0) is 16.1 Å². The fraction of sp³-hybridized carbons (Fsp3) is 0.364. The van der Waals surface area contributed by atoms with E-state index in [0.29, 0.717) is 18.0 Å². The molecule has 0 saturated heterocycles. The quantitative estimate of drug-likeness (QED) is 0.299. The summed E-state index contributed by atoms with van der Waals surface area (Å²) >= 11 is 0. The molecular weight excluding hydrogens is 436 g/mol. The molecule has 33 heavy (non-hydrogen) atoms. The predicted octanol–water partition coefficient (Wildman–Crippen LogP) is 2.94. The SMILES string of the molecule is CCOc1cc([N+](=O)[O-])c(C(=O)OCC(=O)N(CC)Cc2ccc3c(c2)OCO3)cc1OC. The van der Waals surface area contributed by atoms with Gasteiger partial charge >= 0.3 is 5.97 Å². The molecule has 3 rings (SSSR count). The number of fused-ring (bicyclic) bond motifs is 1. The Bertz CT molecular complexity index is 1050. The lowest BCUT2D eigenvalue weighted by atomic mass is 10.1. The second kappa shape index (κ2) is 10.5. The molecule has 0 aromatic heterocycles. The number of nitrogens with zero attached hydrogens (tertiary/aromatic N) is 2. The summed E-state index contributed by atoms with van der Waals surface area (Å²) in [5, 5.41) is 11.5. The molecule has 0 saturated carbocycles. The Kier molecular flexibility index (Phi) is 7.54. The minimum atomic E-state index is -1.02. The van der Waals surface area contributed by atoms with Crippen molar-refractivity contribution in [1.29, 1.82) is 0 Å². The first-order valence-electron chi connectivity index (χ1n) is 10.2. The molecule has 0 aliphatic carbocycles. The van der Waals surface area contributed by atoms with Crippen molar-refractivity contribution >= 4 is 17.6 Å². The zero-order chi connectivity index (χ0) is 24.0. The van der Waals surface area contributed by atoms with Gasteiger partial charge in [-0.25, -0.2) is 4.79 Å². The van der Waals surface area contributed by atoms with Gasteiger partial charge in [-0.15, -0.1) is 0 Å². The maximum atomic E-state index is 12.6. The summed E-state index contributed by atoms with van der Waals surface area (Å²) in [7, 11) is 1.34. The summed E-state index contributed by atoms with van der Waals surface area (Å²) in [6, 6.07) is 7.61. The van der Waals surface area contributed by atoms with Gasteiger partial charge in [0.1, 0.15) is 5.56 Å². The van der Waals surface area contributed by atoms with Crippen LogP contribution in [0.2, 0.25) is 0 Å². The maximum absolute atomic E-state index is 12.6. The molecular formula is C22H24N2O9. The highest BCUT2D eigenvalue weighted by molar-refractivity contribution is 5.96. The van der Waals surface area contributed by atoms with Gasteiger partial charge in [0, 0.05) is 19.2 Å². The fourth-order valence-corrected chi connectivity index (χ4v) is 3.22. The van der Waals surface area contributed by atoms with E-state index in [-0.39, 0.29) is 37.0 Å². The number of hydrogen-bond acceptors (Lipinski definition) is 9. The number of rotatable bonds is 10. The van der Waals surface area contributed by atoms with Gasteiger partial charge in [-0.2, -0.15) is 0 Å². The van der Waals surface area contributed by atoms with Gasteiger partial charge in [-0.05, 0) is 31.5 Å². The zero-order valence-corrected chi connectivity index (χ0v) is 18.5. The molecule has 0 fully saturated rings. The van der Waals surface area contributed by atoms with Gasteiger partial charge in [-0.1, -0.05) is 6.07 Å². The van der Waals surface area contributed by atoms with Crippen molar-refractivity contribution in [3.05, 3.63) is 51.6 Å². The summed E-state index contributed by atoms with van der Waals surface area (Å²) in [6.07, 6.45) is 0. The minimum absolute atomic E-state index is 0.125. The van der Waals surface area contributed by atoms with Crippen molar-refractivity contribution in [2.75, 3.05) is 33.7 Å². The molecule has 0 atom stereocenters. The Balaban J connectivity index is 1.69. The van der Waals surface area contributed by atoms with Crippen LogP contribution in [0.3, 0.4) is 0 Å². The zero-order valence-electron chi connectivity index (χ0n) is 18.5. The lowest BCUT2D eigenvalue weighted by molar-refractivity contribution is -0.385. The predicted molar refractivity (Wildman–Crippen MR) is 115 cm³/mol. The number of nitro benzene ring substituents is 1. The minimum Gasteiger partial charge on any atom is -0.493 e. The van der Waals surface area contributed by atoms with Gasteiger partial charge in [0.05, 0.1) is 24.7 Å². The Labute approximate surface area is 189 Å². The van der Waals surface area contributed by atoms with Crippen molar-refractivity contribution < 1.29 is 38.2 Å². The second-order valence-corrected chi connectivity index (χ2v) is 6.88. The van der Waals surface area contributed by atoms with Crippen molar-refractivity contribution in [2.45, 2.75) is 20.4 Å².